The Morgan fingerprint density at radius 2 is 2.00 bits per heavy atom. The molecule has 1 aromatic carbocycles. The molecule has 13 heteroatoms. The van der Waals surface area contributed by atoms with Crippen molar-refractivity contribution >= 4 is 29.0 Å². The van der Waals surface area contributed by atoms with Crippen molar-refractivity contribution in [2.75, 3.05) is 19.3 Å². The molecule has 2 amide bonds. The summed E-state index contributed by atoms with van der Waals surface area (Å²) in [7, 11) is 1.54. The third-order valence-electron chi connectivity index (χ3n) is 5.92. The molecule has 4 atom stereocenters. The van der Waals surface area contributed by atoms with E-state index in [0.717, 1.165) is 12.8 Å². The van der Waals surface area contributed by atoms with Crippen molar-refractivity contribution in [3.63, 3.8) is 0 Å². The summed E-state index contributed by atoms with van der Waals surface area (Å²) in [6.45, 7) is 0.0284. The van der Waals surface area contributed by atoms with Crippen LogP contribution in [0, 0.1) is 11.8 Å². The molecule has 2 aliphatic rings. The fourth-order valence-electron chi connectivity index (χ4n) is 3.77. The molecule has 1 unspecified atom stereocenters. The predicted octanol–water partition coefficient (Wildman–Crippen LogP) is -0.211. The van der Waals surface area contributed by atoms with Crippen LogP contribution in [0.5, 0.6) is 5.75 Å². The molecule has 37 heavy (non-hydrogen) atoms. The van der Waals surface area contributed by atoms with Crippen LogP contribution in [0.4, 0.5) is 10.6 Å². The number of nitrogens with zero attached hydrogens (tertiary/aromatic N) is 5. The number of aliphatic hydroxyl groups excluding tert-OH is 2. The highest BCUT2D eigenvalue weighted by atomic mass is 16.6. The first-order valence-electron chi connectivity index (χ1n) is 11.6. The highest BCUT2D eigenvalue weighted by Crippen LogP contribution is 2.33. The van der Waals surface area contributed by atoms with Gasteiger partial charge in [0.1, 0.15) is 23.5 Å². The third-order valence-corrected chi connectivity index (χ3v) is 5.92. The number of anilines is 1. The highest BCUT2D eigenvalue weighted by molar-refractivity contribution is 5.83. The molecule has 1 aliphatic carbocycles. The fraction of sp³-hybridized carbons (Fsp3) is 0.375. The van der Waals surface area contributed by atoms with Crippen molar-refractivity contribution in [1.82, 2.24) is 29.7 Å². The normalized spacial score (nSPS) is 22.8. The molecule has 13 nitrogen and oxygen atoms in total. The molecule has 1 saturated heterocycles. The Kier molecular flexibility index (Phi) is 6.62. The van der Waals surface area contributed by atoms with Crippen molar-refractivity contribution < 1.29 is 29.3 Å². The zero-order chi connectivity index (χ0) is 26.1. The van der Waals surface area contributed by atoms with Crippen LogP contribution in [0.2, 0.25) is 0 Å². The number of aliphatic hydroxyl groups is 2. The summed E-state index contributed by atoms with van der Waals surface area (Å²) in [6, 6.07) is 8.72. The lowest BCUT2D eigenvalue weighted by molar-refractivity contribution is -0.137. The summed E-state index contributed by atoms with van der Waals surface area (Å²) in [4.78, 5) is 38.6. The van der Waals surface area contributed by atoms with E-state index in [4.69, 9.17) is 15.2 Å². The number of amides is 2. The Morgan fingerprint density at radius 1 is 1.24 bits per heavy atom. The highest BCUT2D eigenvalue weighted by Gasteiger charge is 2.48. The summed E-state index contributed by atoms with van der Waals surface area (Å²) in [5, 5.41) is 23.8. The number of nitrogens with one attached hydrogen (secondary N) is 1. The van der Waals surface area contributed by atoms with E-state index in [1.165, 1.54) is 22.8 Å². The first-order valence-corrected chi connectivity index (χ1v) is 11.6. The minimum atomic E-state index is -1.44. The van der Waals surface area contributed by atoms with Crippen LogP contribution in [0.15, 0.2) is 36.7 Å². The van der Waals surface area contributed by atoms with Gasteiger partial charge in [-0.15, -0.1) is 0 Å². The molecule has 3 aromatic rings. The molecule has 1 aliphatic heterocycles. The van der Waals surface area contributed by atoms with Gasteiger partial charge < -0.3 is 30.7 Å². The Bertz CT molecular complexity index is 1380. The molecule has 5 N–H and O–H groups in total. The Hall–Kier alpha value is -4.25. The number of aromatic nitrogens is 4. The van der Waals surface area contributed by atoms with Crippen LogP contribution in [0.25, 0.3) is 11.2 Å². The van der Waals surface area contributed by atoms with Gasteiger partial charge in [-0.25, -0.2) is 19.7 Å². The summed E-state index contributed by atoms with van der Waals surface area (Å²) < 4.78 is 12.3. The lowest BCUT2D eigenvalue weighted by Gasteiger charge is -2.16. The molecule has 2 fully saturated rings. The second kappa shape index (κ2) is 10.0. The molecule has 0 bridgehead atoms. The zero-order valence-corrected chi connectivity index (χ0v) is 19.8. The van der Waals surface area contributed by atoms with Gasteiger partial charge in [-0.05, 0) is 30.9 Å². The van der Waals surface area contributed by atoms with Crippen LogP contribution in [0.3, 0.4) is 0 Å². The summed E-state index contributed by atoms with van der Waals surface area (Å²) in [5.74, 6) is 5.56. The van der Waals surface area contributed by atoms with Gasteiger partial charge in [-0.1, -0.05) is 24.1 Å². The zero-order valence-electron chi connectivity index (χ0n) is 19.8. The lowest BCUT2D eigenvalue weighted by atomic mass is 10.1. The van der Waals surface area contributed by atoms with Gasteiger partial charge in [0, 0.05) is 13.1 Å². The van der Waals surface area contributed by atoms with Crippen LogP contribution in [-0.4, -0.2) is 84.6 Å². The molecule has 5 rings (SSSR count). The van der Waals surface area contributed by atoms with E-state index in [2.05, 4.69) is 32.1 Å². The average molecular weight is 508 g/mol. The third kappa shape index (κ3) is 5.17. The van der Waals surface area contributed by atoms with Crippen LogP contribution >= 0.6 is 0 Å². The number of fused-ring (bicyclic) bond motifs is 1. The maximum atomic E-state index is 12.4. The van der Waals surface area contributed by atoms with Crippen LogP contribution < -0.4 is 15.8 Å². The van der Waals surface area contributed by atoms with E-state index in [1.54, 1.807) is 24.3 Å². The number of carbonyl (C=O) groups is 2. The quantitative estimate of drug-likeness (QED) is 0.338. The predicted molar refractivity (Wildman–Crippen MR) is 129 cm³/mol. The van der Waals surface area contributed by atoms with Gasteiger partial charge in [0.25, 0.3) is 5.91 Å². The van der Waals surface area contributed by atoms with E-state index in [1.807, 2.05) is 6.07 Å². The van der Waals surface area contributed by atoms with Crippen molar-refractivity contribution in [1.29, 1.82) is 0 Å². The molecule has 0 radical (unpaired) electrons. The van der Waals surface area contributed by atoms with Gasteiger partial charge in [-0.2, -0.15) is 0 Å². The van der Waals surface area contributed by atoms with Gasteiger partial charge >= 0.3 is 6.09 Å². The second-order valence-electron chi connectivity index (χ2n) is 8.81. The van der Waals surface area contributed by atoms with E-state index < -0.39 is 36.5 Å². The smallest absolute Gasteiger partial charge is 0.410 e. The van der Waals surface area contributed by atoms with Crippen molar-refractivity contribution in [3.8, 4) is 17.6 Å². The summed E-state index contributed by atoms with van der Waals surface area (Å²) in [6.07, 6.45) is -2.74. The van der Waals surface area contributed by atoms with E-state index in [0.29, 0.717) is 5.75 Å². The molecular weight excluding hydrogens is 482 g/mol. The monoisotopic (exact) mass is 507 g/mol. The Balaban J connectivity index is 1.31. The molecule has 1 saturated carbocycles. The van der Waals surface area contributed by atoms with Crippen molar-refractivity contribution in [2.24, 2.45) is 0 Å². The number of rotatable bonds is 5. The SMILES string of the molecule is CN(CC#Cc1nc(N)c2ncn([C@@H]3O[C@H](C(=O)NC4CC4)C(O)[C@@H]3O)c2n1)C(=O)Oc1ccccc1. The molecule has 0 spiro atoms. The van der Waals surface area contributed by atoms with Crippen molar-refractivity contribution in [3.05, 3.63) is 42.5 Å². The number of imidazole rings is 1. The minimum Gasteiger partial charge on any atom is -0.410 e. The minimum absolute atomic E-state index is 0.0284. The number of benzene rings is 1. The largest absolute Gasteiger partial charge is 0.415 e. The molecule has 192 valence electrons. The molecule has 2 aromatic heterocycles. The maximum absolute atomic E-state index is 12.4. The number of para-hydroxylation sites is 1. The van der Waals surface area contributed by atoms with E-state index in [9.17, 15) is 19.8 Å². The number of ether oxygens (including phenoxy) is 2. The molecular formula is C24H25N7O6. The van der Waals surface area contributed by atoms with Gasteiger partial charge in [0.05, 0.1) is 12.9 Å². The topological polar surface area (TPSA) is 178 Å². The lowest BCUT2D eigenvalue weighted by Crippen LogP contribution is -2.43. The number of hydrogen-bond donors (Lipinski definition) is 4. The number of carbonyl (C=O) groups excluding carboxylic acids is 2. The molecule has 3 heterocycles. The standard InChI is InChI=1S/C24H25N7O6/c1-30(24(35)36-14-6-3-2-4-7-14)11-5-8-15-28-20(25)16-21(29-15)31(12-26-16)23-18(33)17(32)19(37-23)22(34)27-13-9-10-13/h2-4,6-7,12-13,17-19,23,32-33H,9-11H2,1H3,(H,27,34)(H2,25,28,29)/t17?,18-,19-,23+/m0/s1. The Morgan fingerprint density at radius 3 is 2.73 bits per heavy atom. The summed E-state index contributed by atoms with van der Waals surface area (Å²) in [5.41, 5.74) is 6.48. The second-order valence-corrected chi connectivity index (χ2v) is 8.81. The van der Waals surface area contributed by atoms with Gasteiger partial charge in [0.2, 0.25) is 5.82 Å². The average Bonchev–Trinajstić information content (AvgIpc) is 3.52. The van der Waals surface area contributed by atoms with Crippen molar-refractivity contribution in [2.45, 2.75) is 43.4 Å². The van der Waals surface area contributed by atoms with E-state index in [-0.39, 0.29) is 35.4 Å². The number of nitrogen functional groups attached to an aromatic ring is 1. The number of hydrogen-bond acceptors (Lipinski definition) is 10. The van der Waals surface area contributed by atoms with Gasteiger partial charge in [0.15, 0.2) is 23.8 Å². The number of nitrogens with two attached hydrogens (primary N) is 1. The van der Waals surface area contributed by atoms with E-state index >= 15 is 0 Å². The first-order chi connectivity index (χ1) is 17.8. The fourth-order valence-corrected chi connectivity index (χ4v) is 3.77. The summed E-state index contributed by atoms with van der Waals surface area (Å²) >= 11 is 0. The Labute approximate surface area is 211 Å². The maximum Gasteiger partial charge on any atom is 0.415 e. The van der Waals surface area contributed by atoms with Crippen LogP contribution in [0.1, 0.15) is 24.9 Å². The van der Waals surface area contributed by atoms with Gasteiger partial charge in [-0.3, -0.25) is 14.3 Å². The first kappa shape index (κ1) is 24.4. The van der Waals surface area contributed by atoms with Crippen LogP contribution in [-0.2, 0) is 9.53 Å².